The molecule has 1 aromatic heterocycles. The molecular weight excluding hydrogens is 470 g/mol. The van der Waals surface area contributed by atoms with Crippen LogP contribution in [0.25, 0.3) is 16.7 Å². The minimum atomic E-state index is -1.90. The Morgan fingerprint density at radius 2 is 1.54 bits per heavy atom. The van der Waals surface area contributed by atoms with Crippen molar-refractivity contribution in [2.24, 2.45) is 0 Å². The van der Waals surface area contributed by atoms with Gasteiger partial charge in [-0.15, -0.1) is 5.54 Å². The van der Waals surface area contributed by atoms with E-state index in [2.05, 4.69) is 92.8 Å². The smallest absolute Gasteiger partial charge is 0.190 e. The lowest BCUT2D eigenvalue weighted by molar-refractivity contribution is 0.122. The fourth-order valence-electron chi connectivity index (χ4n) is 5.75. The third kappa shape index (κ3) is 4.89. The van der Waals surface area contributed by atoms with E-state index in [0.717, 1.165) is 59.4 Å². The molecule has 3 aromatic rings. The number of rotatable bonds is 5. The van der Waals surface area contributed by atoms with Crippen LogP contribution in [-0.2, 0) is 4.74 Å². The molecule has 0 unspecified atom stereocenters. The summed E-state index contributed by atoms with van der Waals surface area (Å²) in [4.78, 5) is 7.45. The van der Waals surface area contributed by atoms with Gasteiger partial charge in [-0.1, -0.05) is 59.2 Å². The standard InChI is InChI=1S/C29H38ClN3OSi/c1-20(2)35(21(3)4,22(5)6)17-12-29-31-27-19-24(32-13-15-34-16-14-32)10-11-28(27)33(29)25-9-8-23(7)26(30)18-25/h8-11,18-22H,13-16H2,1-7H3. The molecule has 2 aromatic carbocycles. The van der Waals surface area contributed by atoms with Gasteiger partial charge in [0.1, 0.15) is 8.07 Å². The summed E-state index contributed by atoms with van der Waals surface area (Å²) >= 11 is 6.55. The van der Waals surface area contributed by atoms with Gasteiger partial charge >= 0.3 is 0 Å². The highest BCUT2D eigenvalue weighted by molar-refractivity contribution is 6.90. The fourth-order valence-corrected chi connectivity index (χ4v) is 11.1. The zero-order valence-corrected chi connectivity index (χ0v) is 23.9. The zero-order chi connectivity index (χ0) is 25.3. The molecule has 1 fully saturated rings. The van der Waals surface area contributed by atoms with Crippen LogP contribution in [0.4, 0.5) is 5.69 Å². The van der Waals surface area contributed by atoms with Gasteiger partial charge in [0.2, 0.25) is 0 Å². The van der Waals surface area contributed by atoms with E-state index in [-0.39, 0.29) is 0 Å². The van der Waals surface area contributed by atoms with Crippen LogP contribution in [0.1, 0.15) is 52.9 Å². The van der Waals surface area contributed by atoms with Gasteiger partial charge < -0.3 is 9.64 Å². The molecule has 0 radical (unpaired) electrons. The highest BCUT2D eigenvalue weighted by atomic mass is 35.5. The summed E-state index contributed by atoms with van der Waals surface area (Å²) in [6.45, 7) is 19.4. The first-order chi connectivity index (χ1) is 16.6. The van der Waals surface area contributed by atoms with Crippen molar-refractivity contribution >= 4 is 36.4 Å². The summed E-state index contributed by atoms with van der Waals surface area (Å²) in [6, 6.07) is 12.8. The topological polar surface area (TPSA) is 30.3 Å². The molecule has 35 heavy (non-hydrogen) atoms. The van der Waals surface area contributed by atoms with Crippen molar-refractivity contribution in [1.29, 1.82) is 0 Å². The largest absolute Gasteiger partial charge is 0.378 e. The number of halogens is 1. The first-order valence-electron chi connectivity index (χ1n) is 12.8. The fraction of sp³-hybridized carbons (Fsp3) is 0.483. The van der Waals surface area contributed by atoms with Crippen molar-refractivity contribution in [2.75, 3.05) is 31.2 Å². The third-order valence-corrected chi connectivity index (χ3v) is 14.4. The second kappa shape index (κ2) is 10.4. The number of anilines is 1. The van der Waals surface area contributed by atoms with Crippen LogP contribution in [-0.4, -0.2) is 43.9 Å². The molecular formula is C29H38ClN3OSi. The van der Waals surface area contributed by atoms with Crippen LogP contribution < -0.4 is 4.90 Å². The maximum absolute atomic E-state index is 6.55. The second-order valence-electron chi connectivity index (χ2n) is 10.6. The van der Waals surface area contributed by atoms with Crippen LogP contribution in [0.3, 0.4) is 0 Å². The zero-order valence-electron chi connectivity index (χ0n) is 22.2. The van der Waals surface area contributed by atoms with Gasteiger partial charge in [-0.2, -0.15) is 0 Å². The summed E-state index contributed by atoms with van der Waals surface area (Å²) in [5.74, 6) is 4.40. The quantitative estimate of drug-likeness (QED) is 0.266. The SMILES string of the molecule is Cc1ccc(-n2c(C#C[Si](C(C)C)(C(C)C)C(C)C)nc3cc(N4CCOCC4)ccc32)cc1Cl. The molecule has 0 N–H and O–H groups in total. The number of morpholine rings is 1. The Hall–Kier alpha value is -2.26. The molecule has 1 saturated heterocycles. The Labute approximate surface area is 216 Å². The molecule has 1 aliphatic rings. The molecule has 4 nitrogen and oxygen atoms in total. The highest BCUT2D eigenvalue weighted by Gasteiger charge is 2.41. The Balaban J connectivity index is 1.91. The molecule has 0 bridgehead atoms. The normalized spacial score (nSPS) is 14.8. The van der Waals surface area contributed by atoms with Crippen molar-refractivity contribution in [3.63, 3.8) is 0 Å². The predicted molar refractivity (Wildman–Crippen MR) is 152 cm³/mol. The molecule has 1 aliphatic heterocycles. The molecule has 6 heteroatoms. The van der Waals surface area contributed by atoms with Crippen LogP contribution in [0.15, 0.2) is 36.4 Å². The number of ether oxygens (including phenoxy) is 1. The molecule has 0 saturated carbocycles. The van der Waals surface area contributed by atoms with E-state index in [9.17, 15) is 0 Å². The van der Waals surface area contributed by atoms with Gasteiger partial charge in [-0.25, -0.2) is 4.98 Å². The van der Waals surface area contributed by atoms with Crippen molar-refractivity contribution in [2.45, 2.75) is 65.1 Å². The van der Waals surface area contributed by atoms with E-state index in [1.165, 1.54) is 5.69 Å². The van der Waals surface area contributed by atoms with E-state index in [0.29, 0.717) is 16.6 Å². The Morgan fingerprint density at radius 1 is 0.914 bits per heavy atom. The van der Waals surface area contributed by atoms with Crippen LogP contribution in [0, 0.1) is 18.4 Å². The van der Waals surface area contributed by atoms with Crippen LogP contribution in [0.5, 0.6) is 0 Å². The number of aryl methyl sites for hydroxylation is 1. The maximum atomic E-state index is 6.55. The average molecular weight is 508 g/mol. The Kier molecular flexibility index (Phi) is 7.66. The van der Waals surface area contributed by atoms with Gasteiger partial charge in [0.05, 0.1) is 24.2 Å². The Bertz CT molecular complexity index is 1240. The minimum absolute atomic E-state index is 0.564. The number of aromatic nitrogens is 2. The number of hydrogen-bond donors (Lipinski definition) is 0. The molecule has 0 spiro atoms. The lowest BCUT2D eigenvalue weighted by atomic mass is 10.2. The maximum Gasteiger partial charge on any atom is 0.190 e. The molecule has 186 valence electrons. The van der Waals surface area contributed by atoms with Gasteiger partial charge in [0.25, 0.3) is 0 Å². The van der Waals surface area contributed by atoms with E-state index < -0.39 is 8.07 Å². The van der Waals surface area contributed by atoms with Gasteiger partial charge in [-0.3, -0.25) is 4.57 Å². The van der Waals surface area contributed by atoms with Crippen molar-refractivity contribution in [3.05, 3.63) is 52.8 Å². The number of hydrogen-bond acceptors (Lipinski definition) is 3. The first-order valence-corrected chi connectivity index (χ1v) is 15.4. The van der Waals surface area contributed by atoms with E-state index in [1.54, 1.807) is 0 Å². The van der Waals surface area contributed by atoms with E-state index in [4.69, 9.17) is 21.3 Å². The summed E-state index contributed by atoms with van der Waals surface area (Å²) in [6.07, 6.45) is 0. The van der Waals surface area contributed by atoms with Gasteiger partial charge in [0.15, 0.2) is 5.82 Å². The second-order valence-corrected chi connectivity index (χ2v) is 16.6. The summed E-state index contributed by atoms with van der Waals surface area (Å²) in [5.41, 5.74) is 10.8. The van der Waals surface area contributed by atoms with Gasteiger partial charge in [0, 0.05) is 29.5 Å². The van der Waals surface area contributed by atoms with Crippen molar-refractivity contribution < 1.29 is 4.74 Å². The molecule has 2 heterocycles. The number of imidazole rings is 1. The van der Waals surface area contributed by atoms with Crippen LogP contribution >= 0.6 is 11.6 Å². The lowest BCUT2D eigenvalue weighted by Crippen LogP contribution is -2.43. The monoisotopic (exact) mass is 507 g/mol. The van der Waals surface area contributed by atoms with Gasteiger partial charge in [-0.05, 0) is 65.4 Å². The first kappa shape index (κ1) is 25.8. The van der Waals surface area contributed by atoms with E-state index in [1.807, 2.05) is 13.0 Å². The summed E-state index contributed by atoms with van der Waals surface area (Å²) < 4.78 is 7.72. The Morgan fingerprint density at radius 3 is 2.14 bits per heavy atom. The number of benzene rings is 2. The highest BCUT2D eigenvalue weighted by Crippen LogP contribution is 2.41. The predicted octanol–water partition coefficient (Wildman–Crippen LogP) is 7.39. The number of fused-ring (bicyclic) bond motifs is 1. The summed E-state index contributed by atoms with van der Waals surface area (Å²) in [7, 11) is -1.90. The third-order valence-electron chi connectivity index (χ3n) is 7.68. The molecule has 0 atom stereocenters. The minimum Gasteiger partial charge on any atom is -0.378 e. The van der Waals surface area contributed by atoms with Crippen molar-refractivity contribution in [1.82, 2.24) is 9.55 Å². The molecule has 4 rings (SSSR count). The average Bonchev–Trinajstić information content (AvgIpc) is 3.18. The lowest BCUT2D eigenvalue weighted by Gasteiger charge is -2.38. The van der Waals surface area contributed by atoms with Crippen molar-refractivity contribution in [3.8, 4) is 17.2 Å². The summed E-state index contributed by atoms with van der Waals surface area (Å²) in [5, 5.41) is 0.753. The molecule has 0 aliphatic carbocycles. The van der Waals surface area contributed by atoms with Crippen LogP contribution in [0.2, 0.25) is 21.6 Å². The van der Waals surface area contributed by atoms with E-state index >= 15 is 0 Å². The number of nitrogens with zero attached hydrogens (tertiary/aromatic N) is 3. The molecule has 0 amide bonds.